The van der Waals surface area contributed by atoms with E-state index in [1.165, 1.54) is 17.0 Å². The molecular weight excluding hydrogens is 272 g/mol. The Bertz CT molecular complexity index is 755. The molecule has 5 nitrogen and oxygen atoms in total. The minimum Gasteiger partial charge on any atom is -0.361 e. The molecule has 6 heteroatoms. The Morgan fingerprint density at radius 2 is 2.10 bits per heavy atom. The van der Waals surface area contributed by atoms with Crippen LogP contribution >= 0.6 is 12.2 Å². The van der Waals surface area contributed by atoms with Crippen molar-refractivity contribution in [3.63, 3.8) is 0 Å². The molecule has 0 bridgehead atoms. The third kappa shape index (κ3) is 2.48. The molecule has 0 unspecified atom stereocenters. The monoisotopic (exact) mass is 290 g/mol. The molecule has 0 atom stereocenters. The predicted octanol–water partition coefficient (Wildman–Crippen LogP) is 1.94. The molecule has 0 aliphatic carbocycles. The summed E-state index contributed by atoms with van der Waals surface area (Å²) in [6, 6.07) is 2.16. The molecule has 3 heterocycles. The minimum atomic E-state index is -0.0460. The Labute approximate surface area is 122 Å². The first kappa shape index (κ1) is 13.3. The second-order valence-electron chi connectivity index (χ2n) is 5.44. The van der Waals surface area contributed by atoms with Crippen molar-refractivity contribution in [2.24, 2.45) is 0 Å². The fourth-order valence-electron chi connectivity index (χ4n) is 2.84. The minimum absolute atomic E-state index is 0.0460. The van der Waals surface area contributed by atoms with E-state index in [4.69, 9.17) is 12.2 Å². The van der Waals surface area contributed by atoms with Crippen molar-refractivity contribution in [2.75, 3.05) is 6.54 Å². The van der Waals surface area contributed by atoms with Crippen LogP contribution in [0.4, 0.5) is 0 Å². The van der Waals surface area contributed by atoms with E-state index in [2.05, 4.69) is 39.8 Å². The van der Waals surface area contributed by atoms with Crippen LogP contribution in [-0.4, -0.2) is 26.4 Å². The molecular formula is C14H18N4OS. The predicted molar refractivity (Wildman–Crippen MR) is 80.3 cm³/mol. The fourth-order valence-corrected chi connectivity index (χ4v) is 3.05. The number of nitrogens with one attached hydrogen (secondary N) is 3. The highest BCUT2D eigenvalue weighted by molar-refractivity contribution is 7.71. The summed E-state index contributed by atoms with van der Waals surface area (Å²) in [4.78, 5) is 23.3. The zero-order valence-corrected chi connectivity index (χ0v) is 12.5. The van der Waals surface area contributed by atoms with Gasteiger partial charge in [-0.1, -0.05) is 0 Å². The summed E-state index contributed by atoms with van der Waals surface area (Å²) in [5.41, 5.74) is 5.46. The van der Waals surface area contributed by atoms with E-state index in [0.717, 1.165) is 37.3 Å². The van der Waals surface area contributed by atoms with Crippen LogP contribution in [0, 0.1) is 18.6 Å². The zero-order chi connectivity index (χ0) is 14.3. The molecule has 1 aliphatic rings. The van der Waals surface area contributed by atoms with Gasteiger partial charge in [0.1, 0.15) is 0 Å². The maximum atomic E-state index is 11.8. The van der Waals surface area contributed by atoms with Crippen LogP contribution in [-0.2, 0) is 19.5 Å². The molecule has 0 spiro atoms. The Morgan fingerprint density at radius 1 is 1.30 bits per heavy atom. The average Bonchev–Trinajstić information content (AvgIpc) is 2.67. The fraction of sp³-hybridized carbons (Fsp3) is 0.429. The topological polar surface area (TPSA) is 67.7 Å². The number of aromatic amines is 3. The van der Waals surface area contributed by atoms with Crippen LogP contribution in [0.15, 0.2) is 10.9 Å². The van der Waals surface area contributed by atoms with Gasteiger partial charge < -0.3 is 9.97 Å². The molecule has 106 valence electrons. The maximum absolute atomic E-state index is 11.8. The second kappa shape index (κ2) is 5.03. The number of rotatable bonds is 2. The molecule has 0 radical (unpaired) electrons. The van der Waals surface area contributed by atoms with Gasteiger partial charge in [-0.05, 0) is 44.1 Å². The Morgan fingerprint density at radius 3 is 2.80 bits per heavy atom. The molecule has 2 aromatic rings. The van der Waals surface area contributed by atoms with Crippen LogP contribution in [0.5, 0.6) is 0 Å². The van der Waals surface area contributed by atoms with E-state index in [1.54, 1.807) is 0 Å². The van der Waals surface area contributed by atoms with Crippen molar-refractivity contribution in [1.29, 1.82) is 0 Å². The normalized spacial score (nSPS) is 15.3. The van der Waals surface area contributed by atoms with Gasteiger partial charge >= 0.3 is 0 Å². The van der Waals surface area contributed by atoms with Gasteiger partial charge in [-0.2, -0.15) is 0 Å². The average molecular weight is 290 g/mol. The van der Waals surface area contributed by atoms with E-state index in [-0.39, 0.29) is 5.56 Å². The number of hydrogen-bond donors (Lipinski definition) is 3. The third-order valence-electron chi connectivity index (χ3n) is 3.83. The molecule has 3 rings (SSSR count). The molecule has 0 saturated heterocycles. The Hall–Kier alpha value is -1.66. The number of fused-ring (bicyclic) bond motifs is 1. The van der Waals surface area contributed by atoms with Crippen LogP contribution in [0.2, 0.25) is 0 Å². The highest BCUT2D eigenvalue weighted by Gasteiger charge is 2.20. The number of H-pyrrole nitrogens is 3. The van der Waals surface area contributed by atoms with E-state index < -0.39 is 0 Å². The van der Waals surface area contributed by atoms with E-state index in [9.17, 15) is 4.79 Å². The smallest absolute Gasteiger partial charge is 0.255 e. The molecule has 2 aromatic heterocycles. The highest BCUT2D eigenvalue weighted by atomic mass is 32.1. The van der Waals surface area contributed by atoms with Crippen molar-refractivity contribution in [3.8, 4) is 0 Å². The first-order valence-electron chi connectivity index (χ1n) is 6.74. The van der Waals surface area contributed by atoms with Gasteiger partial charge in [-0.3, -0.25) is 14.7 Å². The molecule has 20 heavy (non-hydrogen) atoms. The van der Waals surface area contributed by atoms with Gasteiger partial charge in [0, 0.05) is 42.3 Å². The van der Waals surface area contributed by atoms with Gasteiger partial charge in [0.15, 0.2) is 4.77 Å². The molecule has 3 N–H and O–H groups in total. The van der Waals surface area contributed by atoms with Crippen molar-refractivity contribution in [2.45, 2.75) is 33.4 Å². The van der Waals surface area contributed by atoms with Crippen LogP contribution in [0.1, 0.15) is 28.2 Å². The van der Waals surface area contributed by atoms with Crippen molar-refractivity contribution < 1.29 is 0 Å². The molecule has 0 aromatic carbocycles. The van der Waals surface area contributed by atoms with E-state index >= 15 is 0 Å². The molecule has 0 amide bonds. The standard InChI is InChI=1S/C14H18N4OS/c1-8-5-9(2)15-11(8)6-18-4-3-10-12(7-18)16-14(20)17-13(10)19/h5,15H,3-4,6-7H2,1-2H3,(H2,16,17,19,20). The van der Waals surface area contributed by atoms with E-state index in [0.29, 0.717) is 4.77 Å². The summed E-state index contributed by atoms with van der Waals surface area (Å²) in [6.45, 7) is 6.68. The SMILES string of the molecule is Cc1cc(C)c(CN2CCc3c([nH]c(=S)[nH]c3=O)C2)[nH]1. The Kier molecular flexibility index (Phi) is 3.35. The molecule has 0 saturated carbocycles. The van der Waals surface area contributed by atoms with Crippen molar-refractivity contribution in [1.82, 2.24) is 19.9 Å². The van der Waals surface area contributed by atoms with Gasteiger partial charge in [-0.25, -0.2) is 0 Å². The Balaban J connectivity index is 1.84. The third-order valence-corrected chi connectivity index (χ3v) is 4.03. The number of nitrogens with zero attached hydrogens (tertiary/aromatic N) is 1. The lowest BCUT2D eigenvalue weighted by atomic mass is 10.1. The van der Waals surface area contributed by atoms with Crippen LogP contribution in [0.3, 0.4) is 0 Å². The highest BCUT2D eigenvalue weighted by Crippen LogP contribution is 2.18. The van der Waals surface area contributed by atoms with Gasteiger partial charge in [-0.15, -0.1) is 0 Å². The quantitative estimate of drug-likeness (QED) is 0.740. The maximum Gasteiger partial charge on any atom is 0.255 e. The summed E-state index contributed by atoms with van der Waals surface area (Å²) in [5.74, 6) is 0. The summed E-state index contributed by atoms with van der Waals surface area (Å²) < 4.78 is 0.405. The first-order valence-corrected chi connectivity index (χ1v) is 7.15. The lowest BCUT2D eigenvalue weighted by Crippen LogP contribution is -2.35. The zero-order valence-electron chi connectivity index (χ0n) is 11.7. The lowest BCUT2D eigenvalue weighted by Gasteiger charge is -2.27. The van der Waals surface area contributed by atoms with Gasteiger partial charge in [0.25, 0.3) is 5.56 Å². The number of hydrogen-bond acceptors (Lipinski definition) is 3. The van der Waals surface area contributed by atoms with Gasteiger partial charge in [0.2, 0.25) is 0 Å². The van der Waals surface area contributed by atoms with E-state index in [1.807, 2.05) is 0 Å². The van der Waals surface area contributed by atoms with Crippen molar-refractivity contribution in [3.05, 3.63) is 49.4 Å². The molecule has 0 fully saturated rings. The largest absolute Gasteiger partial charge is 0.361 e. The van der Waals surface area contributed by atoms with Crippen molar-refractivity contribution >= 4 is 12.2 Å². The number of aryl methyl sites for hydroxylation is 2. The number of aromatic nitrogens is 3. The second-order valence-corrected chi connectivity index (χ2v) is 5.85. The van der Waals surface area contributed by atoms with Gasteiger partial charge in [0.05, 0.1) is 0 Å². The summed E-state index contributed by atoms with van der Waals surface area (Å²) >= 11 is 5.04. The lowest BCUT2D eigenvalue weighted by molar-refractivity contribution is 0.237. The summed E-state index contributed by atoms with van der Waals surface area (Å²) in [7, 11) is 0. The first-order chi connectivity index (χ1) is 9.52. The summed E-state index contributed by atoms with van der Waals surface area (Å²) in [6.07, 6.45) is 0.759. The van der Waals surface area contributed by atoms with Crippen LogP contribution in [0.25, 0.3) is 0 Å². The molecule has 1 aliphatic heterocycles. The summed E-state index contributed by atoms with van der Waals surface area (Å²) in [5, 5.41) is 0. The van der Waals surface area contributed by atoms with Crippen LogP contribution < -0.4 is 5.56 Å².